The second kappa shape index (κ2) is 6.08. The minimum Gasteiger partial charge on any atom is -0.254 e. The lowest BCUT2D eigenvalue weighted by Gasteiger charge is -2.12. The molecule has 0 atom stereocenters. The fourth-order valence-corrected chi connectivity index (χ4v) is 3.44. The van der Waals surface area contributed by atoms with Crippen LogP contribution in [0.4, 0.5) is 0 Å². The molecule has 0 aliphatic heterocycles. The molecule has 5 rings (SSSR count). The van der Waals surface area contributed by atoms with Crippen molar-refractivity contribution in [1.29, 1.82) is 0 Å². The molecule has 2 heterocycles. The second-order valence-corrected chi connectivity index (χ2v) is 6.32. The van der Waals surface area contributed by atoms with Crippen LogP contribution in [0, 0.1) is 0 Å². The Morgan fingerprint density at radius 3 is 2.08 bits per heavy atom. The minimum absolute atomic E-state index is 0.944. The van der Waals surface area contributed by atoms with Gasteiger partial charge in [0.25, 0.3) is 0 Å². The highest BCUT2D eigenvalue weighted by Gasteiger charge is 2.12. The molecule has 2 nitrogen and oxygen atoms in total. The molecule has 0 amide bonds. The maximum atomic E-state index is 5.00. The smallest absolute Gasteiger partial charge is 0.0978 e. The maximum Gasteiger partial charge on any atom is 0.0978 e. The molecule has 0 N–H and O–H groups in total. The topological polar surface area (TPSA) is 25.8 Å². The van der Waals surface area contributed by atoms with E-state index < -0.39 is 0 Å². The van der Waals surface area contributed by atoms with Gasteiger partial charge < -0.3 is 0 Å². The van der Waals surface area contributed by atoms with Crippen molar-refractivity contribution in [3.05, 3.63) is 97.2 Å². The van der Waals surface area contributed by atoms with Crippen LogP contribution in [0.1, 0.15) is 0 Å². The fourth-order valence-electron chi connectivity index (χ4n) is 3.44. The van der Waals surface area contributed by atoms with Gasteiger partial charge >= 0.3 is 0 Å². The van der Waals surface area contributed by atoms with Crippen LogP contribution in [0.15, 0.2) is 97.2 Å². The van der Waals surface area contributed by atoms with Crippen molar-refractivity contribution < 1.29 is 0 Å². The highest BCUT2D eigenvalue weighted by atomic mass is 14.8. The highest BCUT2D eigenvalue weighted by molar-refractivity contribution is 6.09. The van der Waals surface area contributed by atoms with E-state index in [0.29, 0.717) is 0 Å². The molecule has 2 aromatic heterocycles. The van der Waals surface area contributed by atoms with Gasteiger partial charge in [-0.3, -0.25) is 4.98 Å². The van der Waals surface area contributed by atoms with Gasteiger partial charge in [0.1, 0.15) is 0 Å². The molecule has 5 aromatic rings. The first-order valence-corrected chi connectivity index (χ1v) is 8.69. The van der Waals surface area contributed by atoms with Gasteiger partial charge in [0.15, 0.2) is 0 Å². The Labute approximate surface area is 151 Å². The lowest BCUT2D eigenvalue weighted by Crippen LogP contribution is -1.92. The van der Waals surface area contributed by atoms with E-state index in [2.05, 4.69) is 65.6 Å². The quantitative estimate of drug-likeness (QED) is 0.364. The van der Waals surface area contributed by atoms with Crippen LogP contribution in [0.25, 0.3) is 44.2 Å². The molecule has 26 heavy (non-hydrogen) atoms. The average Bonchev–Trinajstić information content (AvgIpc) is 2.74. The van der Waals surface area contributed by atoms with Gasteiger partial charge in [-0.15, -0.1) is 0 Å². The van der Waals surface area contributed by atoms with Gasteiger partial charge in [-0.1, -0.05) is 78.9 Å². The van der Waals surface area contributed by atoms with Crippen LogP contribution < -0.4 is 0 Å². The summed E-state index contributed by atoms with van der Waals surface area (Å²) in [7, 11) is 0. The van der Waals surface area contributed by atoms with Crippen molar-refractivity contribution in [3.63, 3.8) is 0 Å². The van der Waals surface area contributed by atoms with E-state index in [9.17, 15) is 0 Å². The van der Waals surface area contributed by atoms with E-state index in [-0.39, 0.29) is 0 Å². The van der Waals surface area contributed by atoms with E-state index >= 15 is 0 Å². The highest BCUT2D eigenvalue weighted by Crippen LogP contribution is 2.34. The zero-order chi connectivity index (χ0) is 17.3. The molecular weight excluding hydrogens is 316 g/mol. The van der Waals surface area contributed by atoms with E-state index in [1.807, 2.05) is 36.5 Å². The summed E-state index contributed by atoms with van der Waals surface area (Å²) in [5.41, 5.74) is 6.34. The van der Waals surface area contributed by atoms with Crippen LogP contribution in [0.2, 0.25) is 0 Å². The van der Waals surface area contributed by atoms with Crippen LogP contribution in [-0.4, -0.2) is 9.97 Å². The number of benzene rings is 3. The lowest BCUT2D eigenvalue weighted by atomic mass is 9.97. The van der Waals surface area contributed by atoms with E-state index in [1.54, 1.807) is 0 Å². The zero-order valence-electron chi connectivity index (χ0n) is 14.1. The standard InChI is InChI=1S/C24H16N2/c1-3-8-17(9-4-1)21-16-22(18-10-5-2-6-11-18)26-24-20(21)14-13-19-12-7-15-25-23(19)24/h1-16H. The molecular formula is C24H16N2. The van der Waals surface area contributed by atoms with Gasteiger partial charge in [-0.25, -0.2) is 4.98 Å². The number of hydrogen-bond acceptors (Lipinski definition) is 2. The molecule has 0 bridgehead atoms. The fraction of sp³-hybridized carbons (Fsp3) is 0. The molecule has 0 fully saturated rings. The summed E-state index contributed by atoms with van der Waals surface area (Å²) in [6.45, 7) is 0. The first-order valence-electron chi connectivity index (χ1n) is 8.69. The molecule has 0 radical (unpaired) electrons. The zero-order valence-corrected chi connectivity index (χ0v) is 14.1. The largest absolute Gasteiger partial charge is 0.254 e. The Kier molecular flexibility index (Phi) is 3.46. The Hall–Kier alpha value is -3.52. The van der Waals surface area contributed by atoms with Crippen LogP contribution in [0.5, 0.6) is 0 Å². The summed E-state index contributed by atoms with van der Waals surface area (Å²) >= 11 is 0. The Balaban J connectivity index is 1.91. The number of pyridine rings is 2. The van der Waals surface area contributed by atoms with E-state index in [1.165, 1.54) is 11.1 Å². The minimum atomic E-state index is 0.944. The SMILES string of the molecule is c1ccc(-c2cc(-c3ccccc3)c3ccc4cccnc4c3n2)cc1. The third-order valence-electron chi connectivity index (χ3n) is 4.71. The molecule has 0 aliphatic carbocycles. The van der Waals surface area contributed by atoms with Crippen molar-refractivity contribution >= 4 is 21.8 Å². The van der Waals surface area contributed by atoms with E-state index in [0.717, 1.165) is 33.1 Å². The lowest BCUT2D eigenvalue weighted by molar-refractivity contribution is 1.37. The summed E-state index contributed by atoms with van der Waals surface area (Å²) in [4.78, 5) is 9.61. The summed E-state index contributed by atoms with van der Waals surface area (Å²) in [6, 6.07) is 31.3. The molecule has 0 unspecified atom stereocenters. The molecule has 0 spiro atoms. The molecule has 0 aliphatic rings. The third kappa shape index (κ3) is 2.44. The predicted molar refractivity (Wildman–Crippen MR) is 108 cm³/mol. The number of fused-ring (bicyclic) bond motifs is 3. The van der Waals surface area contributed by atoms with Crippen molar-refractivity contribution in [2.24, 2.45) is 0 Å². The number of aromatic nitrogens is 2. The molecule has 3 aromatic carbocycles. The number of rotatable bonds is 2. The van der Waals surface area contributed by atoms with Crippen molar-refractivity contribution in [2.45, 2.75) is 0 Å². The van der Waals surface area contributed by atoms with Crippen molar-refractivity contribution in [2.75, 3.05) is 0 Å². The first-order chi connectivity index (χ1) is 12.9. The number of nitrogens with zero attached hydrogens (tertiary/aromatic N) is 2. The van der Waals surface area contributed by atoms with Gasteiger partial charge in [-0.05, 0) is 23.3 Å². The van der Waals surface area contributed by atoms with Crippen molar-refractivity contribution in [1.82, 2.24) is 9.97 Å². The summed E-state index contributed by atoms with van der Waals surface area (Å²) in [5.74, 6) is 0. The molecule has 2 heteroatoms. The third-order valence-corrected chi connectivity index (χ3v) is 4.71. The van der Waals surface area contributed by atoms with Crippen LogP contribution >= 0.6 is 0 Å². The molecule has 0 saturated heterocycles. The van der Waals surface area contributed by atoms with Crippen LogP contribution in [0.3, 0.4) is 0 Å². The summed E-state index contributed by atoms with van der Waals surface area (Å²) in [6.07, 6.45) is 1.83. The van der Waals surface area contributed by atoms with Gasteiger partial charge in [-0.2, -0.15) is 0 Å². The Bertz CT molecular complexity index is 1210. The predicted octanol–water partition coefficient (Wildman–Crippen LogP) is 6.12. The molecule has 122 valence electrons. The molecule has 0 saturated carbocycles. The summed E-state index contributed by atoms with van der Waals surface area (Å²) in [5, 5.41) is 2.24. The van der Waals surface area contributed by atoms with Gasteiger partial charge in [0.05, 0.1) is 16.7 Å². The Morgan fingerprint density at radius 1 is 0.577 bits per heavy atom. The monoisotopic (exact) mass is 332 g/mol. The van der Waals surface area contributed by atoms with Gasteiger partial charge in [0.2, 0.25) is 0 Å². The normalized spacial score (nSPS) is 11.1. The first kappa shape index (κ1) is 14.8. The number of hydrogen-bond donors (Lipinski definition) is 0. The average molecular weight is 332 g/mol. The van der Waals surface area contributed by atoms with Crippen LogP contribution in [-0.2, 0) is 0 Å². The maximum absolute atomic E-state index is 5.00. The second-order valence-electron chi connectivity index (χ2n) is 6.32. The van der Waals surface area contributed by atoms with Crippen molar-refractivity contribution in [3.8, 4) is 22.4 Å². The summed E-state index contributed by atoms with van der Waals surface area (Å²) < 4.78 is 0. The van der Waals surface area contributed by atoms with E-state index in [4.69, 9.17) is 4.98 Å². The van der Waals surface area contributed by atoms with Gasteiger partial charge in [0, 0.05) is 22.5 Å². The Morgan fingerprint density at radius 2 is 1.31 bits per heavy atom.